The zero-order valence-corrected chi connectivity index (χ0v) is 6.90. The summed E-state index contributed by atoms with van der Waals surface area (Å²) >= 11 is 0. The van der Waals surface area contributed by atoms with Crippen LogP contribution in [0.15, 0.2) is 16.7 Å². The van der Waals surface area contributed by atoms with Gasteiger partial charge < -0.3 is 14.3 Å². The highest BCUT2D eigenvalue weighted by molar-refractivity contribution is 5.76. The Labute approximate surface area is 69.8 Å². The van der Waals surface area contributed by atoms with E-state index in [1.54, 1.807) is 6.92 Å². The van der Waals surface area contributed by atoms with Crippen LogP contribution >= 0.6 is 0 Å². The van der Waals surface area contributed by atoms with Crippen molar-refractivity contribution < 1.29 is 19.1 Å². The Morgan fingerprint density at radius 2 is 2.42 bits per heavy atom. The molecule has 1 N–H and O–H groups in total. The fraction of sp³-hybridized carbons (Fsp3) is 0.375. The van der Waals surface area contributed by atoms with Gasteiger partial charge in [0.05, 0.1) is 13.4 Å². The molecule has 0 bridgehead atoms. The van der Waals surface area contributed by atoms with Crippen LogP contribution in [0.25, 0.3) is 0 Å². The highest BCUT2D eigenvalue weighted by atomic mass is 16.5. The number of carbonyl (C=O) groups excluding carboxylic acids is 1. The van der Waals surface area contributed by atoms with Crippen molar-refractivity contribution in [2.45, 2.75) is 13.0 Å². The van der Waals surface area contributed by atoms with E-state index in [0.29, 0.717) is 11.3 Å². The van der Waals surface area contributed by atoms with E-state index in [4.69, 9.17) is 4.42 Å². The first kappa shape index (κ1) is 8.80. The minimum absolute atomic E-state index is 0.446. The van der Waals surface area contributed by atoms with Crippen LogP contribution in [0.5, 0.6) is 0 Å². The van der Waals surface area contributed by atoms with Gasteiger partial charge in [-0.2, -0.15) is 0 Å². The van der Waals surface area contributed by atoms with Crippen LogP contribution in [0.4, 0.5) is 0 Å². The Morgan fingerprint density at radius 3 is 2.83 bits per heavy atom. The molecule has 0 aromatic carbocycles. The van der Waals surface area contributed by atoms with E-state index in [9.17, 15) is 9.90 Å². The van der Waals surface area contributed by atoms with Crippen molar-refractivity contribution in [3.8, 4) is 0 Å². The van der Waals surface area contributed by atoms with Gasteiger partial charge in [0.25, 0.3) is 0 Å². The maximum atomic E-state index is 10.8. The molecular formula is C8H10O4. The second kappa shape index (κ2) is 3.40. The van der Waals surface area contributed by atoms with Gasteiger partial charge >= 0.3 is 5.97 Å². The van der Waals surface area contributed by atoms with Crippen molar-refractivity contribution in [2.24, 2.45) is 0 Å². The van der Waals surface area contributed by atoms with E-state index in [1.807, 2.05) is 0 Å². The molecule has 0 saturated heterocycles. The summed E-state index contributed by atoms with van der Waals surface area (Å²) in [6, 6.07) is 1.54. The molecule has 1 aromatic heterocycles. The third-order valence-electron chi connectivity index (χ3n) is 1.62. The molecular weight excluding hydrogens is 160 g/mol. The number of aryl methyl sites for hydroxylation is 1. The van der Waals surface area contributed by atoms with E-state index in [1.165, 1.54) is 19.4 Å². The Morgan fingerprint density at radius 1 is 1.75 bits per heavy atom. The lowest BCUT2D eigenvalue weighted by molar-refractivity contribution is -0.150. The van der Waals surface area contributed by atoms with E-state index < -0.39 is 12.1 Å². The monoisotopic (exact) mass is 170 g/mol. The molecule has 0 spiro atoms. The number of aliphatic hydroxyl groups is 1. The first-order valence-electron chi connectivity index (χ1n) is 3.46. The number of esters is 1. The number of carbonyl (C=O) groups is 1. The molecule has 4 heteroatoms. The predicted octanol–water partition coefficient (Wildman–Crippen LogP) is 0.794. The molecule has 0 aliphatic carbocycles. The second-order valence-corrected chi connectivity index (χ2v) is 2.36. The molecule has 0 saturated carbocycles. The Hall–Kier alpha value is -1.29. The molecule has 0 aliphatic rings. The third kappa shape index (κ3) is 1.48. The molecule has 0 radical (unpaired) electrons. The number of hydrogen-bond donors (Lipinski definition) is 1. The van der Waals surface area contributed by atoms with Gasteiger partial charge in [-0.3, -0.25) is 0 Å². The molecule has 1 unspecified atom stereocenters. The Balaban J connectivity index is 2.84. The van der Waals surface area contributed by atoms with Gasteiger partial charge in [-0.25, -0.2) is 4.79 Å². The molecule has 0 aliphatic heterocycles. The van der Waals surface area contributed by atoms with Gasteiger partial charge in [0.2, 0.25) is 0 Å². The SMILES string of the molecule is COC(=O)C(O)c1ccoc1C. The summed E-state index contributed by atoms with van der Waals surface area (Å²) in [4.78, 5) is 10.8. The van der Waals surface area contributed by atoms with Gasteiger partial charge in [-0.15, -0.1) is 0 Å². The zero-order valence-electron chi connectivity index (χ0n) is 6.90. The van der Waals surface area contributed by atoms with Crippen molar-refractivity contribution in [1.82, 2.24) is 0 Å². The first-order chi connectivity index (χ1) is 5.66. The average molecular weight is 170 g/mol. The fourth-order valence-electron chi connectivity index (χ4n) is 0.917. The summed E-state index contributed by atoms with van der Waals surface area (Å²) < 4.78 is 9.27. The normalized spacial score (nSPS) is 12.6. The maximum Gasteiger partial charge on any atom is 0.339 e. The smallest absolute Gasteiger partial charge is 0.339 e. The number of methoxy groups -OCH3 is 1. The van der Waals surface area contributed by atoms with Crippen molar-refractivity contribution in [2.75, 3.05) is 7.11 Å². The third-order valence-corrected chi connectivity index (χ3v) is 1.62. The van der Waals surface area contributed by atoms with Crippen LogP contribution in [0.3, 0.4) is 0 Å². The summed E-state index contributed by atoms with van der Waals surface area (Å²) in [5.74, 6) is -0.160. The highest BCUT2D eigenvalue weighted by Gasteiger charge is 2.20. The van der Waals surface area contributed by atoms with Gasteiger partial charge in [-0.1, -0.05) is 0 Å². The molecule has 66 valence electrons. The molecule has 1 heterocycles. The maximum absolute atomic E-state index is 10.8. The molecule has 1 aromatic rings. The lowest BCUT2D eigenvalue weighted by atomic mass is 10.1. The molecule has 0 amide bonds. The topological polar surface area (TPSA) is 59.7 Å². The van der Waals surface area contributed by atoms with E-state index in [2.05, 4.69) is 4.74 Å². The van der Waals surface area contributed by atoms with Crippen molar-refractivity contribution >= 4 is 5.97 Å². The highest BCUT2D eigenvalue weighted by Crippen LogP contribution is 2.19. The van der Waals surface area contributed by atoms with Crippen molar-refractivity contribution in [3.05, 3.63) is 23.7 Å². The van der Waals surface area contributed by atoms with Gasteiger partial charge in [0.15, 0.2) is 6.10 Å². The number of furan rings is 1. The summed E-state index contributed by atoms with van der Waals surface area (Å²) in [6.07, 6.45) is 0.172. The molecule has 0 fully saturated rings. The van der Waals surface area contributed by atoms with E-state index in [0.717, 1.165) is 0 Å². The fourth-order valence-corrected chi connectivity index (χ4v) is 0.917. The first-order valence-corrected chi connectivity index (χ1v) is 3.46. The lowest BCUT2D eigenvalue weighted by Gasteiger charge is -2.05. The molecule has 1 rings (SSSR count). The summed E-state index contributed by atoms with van der Waals surface area (Å²) in [5, 5.41) is 9.32. The van der Waals surface area contributed by atoms with E-state index >= 15 is 0 Å². The number of aliphatic hydroxyl groups excluding tert-OH is 1. The minimum Gasteiger partial charge on any atom is -0.469 e. The summed E-state index contributed by atoms with van der Waals surface area (Å²) in [7, 11) is 1.22. The van der Waals surface area contributed by atoms with Crippen molar-refractivity contribution in [3.63, 3.8) is 0 Å². The van der Waals surface area contributed by atoms with Crippen LogP contribution < -0.4 is 0 Å². The molecule has 1 atom stereocenters. The Kier molecular flexibility index (Phi) is 2.50. The second-order valence-electron chi connectivity index (χ2n) is 2.36. The van der Waals surface area contributed by atoms with Gasteiger partial charge in [0.1, 0.15) is 5.76 Å². The van der Waals surface area contributed by atoms with Crippen LogP contribution in [-0.4, -0.2) is 18.2 Å². The summed E-state index contributed by atoms with van der Waals surface area (Å²) in [5.41, 5.74) is 0.446. The van der Waals surface area contributed by atoms with Crippen LogP contribution in [0.1, 0.15) is 17.4 Å². The van der Waals surface area contributed by atoms with Crippen molar-refractivity contribution in [1.29, 1.82) is 0 Å². The largest absolute Gasteiger partial charge is 0.469 e. The van der Waals surface area contributed by atoms with Gasteiger partial charge in [-0.05, 0) is 13.0 Å². The number of rotatable bonds is 2. The quantitative estimate of drug-likeness (QED) is 0.667. The zero-order chi connectivity index (χ0) is 9.14. The Bertz CT molecular complexity index is 276. The minimum atomic E-state index is -1.24. The molecule has 12 heavy (non-hydrogen) atoms. The summed E-state index contributed by atoms with van der Waals surface area (Å²) in [6.45, 7) is 1.67. The van der Waals surface area contributed by atoms with Crippen LogP contribution in [0, 0.1) is 6.92 Å². The molecule has 4 nitrogen and oxygen atoms in total. The standard InChI is InChI=1S/C8H10O4/c1-5-6(3-4-12-5)7(9)8(10)11-2/h3-4,7,9H,1-2H3. The van der Waals surface area contributed by atoms with Crippen LogP contribution in [-0.2, 0) is 9.53 Å². The lowest BCUT2D eigenvalue weighted by Crippen LogP contribution is -2.13. The number of ether oxygens (including phenoxy) is 1. The number of hydrogen-bond acceptors (Lipinski definition) is 4. The van der Waals surface area contributed by atoms with Gasteiger partial charge in [0, 0.05) is 5.56 Å². The van der Waals surface area contributed by atoms with E-state index in [-0.39, 0.29) is 0 Å². The average Bonchev–Trinajstić information content (AvgIpc) is 2.48. The van der Waals surface area contributed by atoms with Crippen LogP contribution in [0.2, 0.25) is 0 Å². The predicted molar refractivity (Wildman–Crippen MR) is 40.4 cm³/mol.